The van der Waals surface area contributed by atoms with Gasteiger partial charge in [0, 0.05) is 0 Å². The number of aliphatic hydroxyl groups is 2. The summed E-state index contributed by atoms with van der Waals surface area (Å²) in [6.07, 6.45) is -3.10. The zero-order valence-electron chi connectivity index (χ0n) is 12.9. The number of hydrogen-bond donors (Lipinski definition) is 2. The molecule has 0 heterocycles. The van der Waals surface area contributed by atoms with Crippen LogP contribution in [-0.4, -0.2) is 42.6 Å². The molecule has 1 rings (SSSR count). The molecule has 0 saturated heterocycles. The number of benzene rings is 1. The lowest BCUT2D eigenvalue weighted by Crippen LogP contribution is -2.23. The predicted octanol–water partition coefficient (Wildman–Crippen LogP) is 1.22. The molecule has 0 fully saturated rings. The maximum Gasteiger partial charge on any atom is 0.308 e. The maximum atomic E-state index is 12.1. The van der Waals surface area contributed by atoms with Crippen molar-refractivity contribution < 1.29 is 28.2 Å². The molecule has 7 heteroatoms. The fourth-order valence-corrected chi connectivity index (χ4v) is 2.99. The Kier molecular flexibility index (Phi) is 6.52. The Labute approximate surface area is 130 Å². The number of rotatable bonds is 7. The van der Waals surface area contributed by atoms with Crippen molar-refractivity contribution in [3.05, 3.63) is 29.8 Å². The van der Waals surface area contributed by atoms with Crippen LogP contribution < -0.4 is 0 Å². The van der Waals surface area contributed by atoms with Crippen LogP contribution in [0.4, 0.5) is 0 Å². The van der Waals surface area contributed by atoms with Gasteiger partial charge in [-0.25, -0.2) is 8.42 Å². The first-order chi connectivity index (χ1) is 10.2. The largest absolute Gasteiger partial charge is 0.466 e. The molecular formula is C15H22O6S. The van der Waals surface area contributed by atoms with E-state index in [0.717, 1.165) is 0 Å². The van der Waals surface area contributed by atoms with Crippen molar-refractivity contribution in [1.29, 1.82) is 0 Å². The lowest BCUT2D eigenvalue weighted by molar-refractivity contribution is -0.147. The standard InChI is InChI=1S/C15H22O6S/c1-4-21-14(17)9-13(16)15(18)11-6-5-7-12(8-11)22(19,20)10(2)3/h5-8,10,13,15-16,18H,4,9H2,1-3H3. The Balaban J connectivity index is 2.96. The number of carbonyl (C=O) groups excluding carboxylic acids is 1. The highest BCUT2D eigenvalue weighted by Gasteiger charge is 2.25. The number of esters is 1. The van der Waals surface area contributed by atoms with Gasteiger partial charge in [0.25, 0.3) is 0 Å². The smallest absolute Gasteiger partial charge is 0.308 e. The SMILES string of the molecule is CCOC(=O)CC(O)C(O)c1cccc(S(=O)(=O)C(C)C)c1. The van der Waals surface area contributed by atoms with Gasteiger partial charge in [-0.05, 0) is 38.5 Å². The molecule has 0 aliphatic rings. The van der Waals surface area contributed by atoms with E-state index in [0.29, 0.717) is 0 Å². The molecule has 2 atom stereocenters. The van der Waals surface area contributed by atoms with Gasteiger partial charge in [0.05, 0.1) is 29.3 Å². The Morgan fingerprint density at radius 1 is 1.27 bits per heavy atom. The number of ether oxygens (including phenoxy) is 1. The fourth-order valence-electron chi connectivity index (χ4n) is 1.87. The summed E-state index contributed by atoms with van der Waals surface area (Å²) in [4.78, 5) is 11.4. The molecule has 0 amide bonds. The molecule has 2 unspecified atom stereocenters. The summed E-state index contributed by atoms with van der Waals surface area (Å²) in [6.45, 7) is 4.95. The van der Waals surface area contributed by atoms with Crippen molar-refractivity contribution in [3.8, 4) is 0 Å². The van der Waals surface area contributed by atoms with Crippen LogP contribution in [-0.2, 0) is 19.4 Å². The summed E-state index contributed by atoms with van der Waals surface area (Å²) in [5.41, 5.74) is 0.235. The van der Waals surface area contributed by atoms with Gasteiger partial charge < -0.3 is 14.9 Å². The molecule has 2 N–H and O–H groups in total. The maximum absolute atomic E-state index is 12.1. The lowest BCUT2D eigenvalue weighted by atomic mass is 10.0. The molecule has 1 aromatic rings. The van der Waals surface area contributed by atoms with Gasteiger partial charge in [0.2, 0.25) is 0 Å². The molecule has 0 aliphatic heterocycles. The van der Waals surface area contributed by atoms with E-state index in [1.54, 1.807) is 20.8 Å². The van der Waals surface area contributed by atoms with Crippen molar-refractivity contribution in [1.82, 2.24) is 0 Å². The minimum Gasteiger partial charge on any atom is -0.466 e. The first-order valence-corrected chi connectivity index (χ1v) is 8.60. The van der Waals surface area contributed by atoms with Gasteiger partial charge in [0.1, 0.15) is 6.10 Å². The highest BCUT2D eigenvalue weighted by Crippen LogP contribution is 2.24. The second-order valence-electron chi connectivity index (χ2n) is 5.19. The van der Waals surface area contributed by atoms with Gasteiger partial charge in [-0.2, -0.15) is 0 Å². The summed E-state index contributed by atoms with van der Waals surface area (Å²) in [5.74, 6) is -0.625. The summed E-state index contributed by atoms with van der Waals surface area (Å²) in [7, 11) is -3.47. The van der Waals surface area contributed by atoms with E-state index < -0.39 is 33.3 Å². The summed E-state index contributed by atoms with van der Waals surface area (Å²) in [5, 5.41) is 19.4. The molecule has 0 spiro atoms. The fraction of sp³-hybridized carbons (Fsp3) is 0.533. The highest BCUT2D eigenvalue weighted by molar-refractivity contribution is 7.92. The van der Waals surface area contributed by atoms with Crippen LogP contribution >= 0.6 is 0 Å². The minimum atomic E-state index is -3.47. The van der Waals surface area contributed by atoms with E-state index in [-0.39, 0.29) is 23.5 Å². The Morgan fingerprint density at radius 2 is 1.91 bits per heavy atom. The van der Waals surface area contributed by atoms with Crippen LogP contribution in [0.3, 0.4) is 0 Å². The molecular weight excluding hydrogens is 308 g/mol. The van der Waals surface area contributed by atoms with Gasteiger partial charge in [-0.15, -0.1) is 0 Å². The van der Waals surface area contributed by atoms with Gasteiger partial charge in [0.15, 0.2) is 9.84 Å². The minimum absolute atomic E-state index is 0.0717. The highest BCUT2D eigenvalue weighted by atomic mass is 32.2. The monoisotopic (exact) mass is 330 g/mol. The van der Waals surface area contributed by atoms with E-state index in [4.69, 9.17) is 4.74 Å². The number of hydrogen-bond acceptors (Lipinski definition) is 6. The molecule has 22 heavy (non-hydrogen) atoms. The third-order valence-corrected chi connectivity index (χ3v) is 5.35. The molecule has 0 bridgehead atoms. The van der Waals surface area contributed by atoms with Crippen LogP contribution in [0.5, 0.6) is 0 Å². The normalized spacial score (nSPS) is 14.6. The van der Waals surface area contributed by atoms with E-state index >= 15 is 0 Å². The first-order valence-electron chi connectivity index (χ1n) is 7.05. The summed E-state index contributed by atoms with van der Waals surface area (Å²) >= 11 is 0. The van der Waals surface area contributed by atoms with Crippen LogP contribution in [0.25, 0.3) is 0 Å². The van der Waals surface area contributed by atoms with E-state index in [1.807, 2.05) is 0 Å². The molecule has 0 aromatic heterocycles. The molecule has 0 radical (unpaired) electrons. The number of carbonyl (C=O) groups is 1. The quantitative estimate of drug-likeness (QED) is 0.729. The summed E-state index contributed by atoms with van der Waals surface area (Å²) in [6, 6.07) is 5.74. The average molecular weight is 330 g/mol. The molecule has 124 valence electrons. The lowest BCUT2D eigenvalue weighted by Gasteiger charge is -2.18. The van der Waals surface area contributed by atoms with E-state index in [2.05, 4.69) is 0 Å². The van der Waals surface area contributed by atoms with Crippen LogP contribution in [0, 0.1) is 0 Å². The molecule has 0 saturated carbocycles. The molecule has 1 aromatic carbocycles. The van der Waals surface area contributed by atoms with Crippen molar-refractivity contribution in [2.45, 2.75) is 49.5 Å². The van der Waals surface area contributed by atoms with Crippen molar-refractivity contribution in [2.75, 3.05) is 6.61 Å². The topological polar surface area (TPSA) is 101 Å². The van der Waals surface area contributed by atoms with Crippen molar-refractivity contribution in [3.63, 3.8) is 0 Å². The Morgan fingerprint density at radius 3 is 2.45 bits per heavy atom. The zero-order chi connectivity index (χ0) is 16.9. The van der Waals surface area contributed by atoms with E-state index in [9.17, 15) is 23.4 Å². The molecule has 0 aliphatic carbocycles. The van der Waals surface area contributed by atoms with Gasteiger partial charge in [-0.3, -0.25) is 4.79 Å². The second-order valence-corrected chi connectivity index (χ2v) is 7.69. The third kappa shape index (κ3) is 4.53. The average Bonchev–Trinajstić information content (AvgIpc) is 2.46. The van der Waals surface area contributed by atoms with Crippen LogP contribution in [0.1, 0.15) is 38.9 Å². The zero-order valence-corrected chi connectivity index (χ0v) is 13.7. The van der Waals surface area contributed by atoms with Gasteiger partial charge in [-0.1, -0.05) is 12.1 Å². The first kappa shape index (κ1) is 18.6. The van der Waals surface area contributed by atoms with Gasteiger partial charge >= 0.3 is 5.97 Å². The Bertz CT molecular complexity index is 608. The van der Waals surface area contributed by atoms with Crippen LogP contribution in [0.15, 0.2) is 29.2 Å². The number of aliphatic hydroxyl groups excluding tert-OH is 2. The third-order valence-electron chi connectivity index (χ3n) is 3.19. The van der Waals surface area contributed by atoms with Crippen LogP contribution in [0.2, 0.25) is 0 Å². The Hall–Kier alpha value is -1.44. The van der Waals surface area contributed by atoms with Crippen molar-refractivity contribution >= 4 is 15.8 Å². The predicted molar refractivity (Wildman–Crippen MR) is 81.0 cm³/mol. The summed E-state index contributed by atoms with van der Waals surface area (Å²) < 4.78 is 28.9. The molecule has 6 nitrogen and oxygen atoms in total. The van der Waals surface area contributed by atoms with Crippen molar-refractivity contribution in [2.24, 2.45) is 0 Å². The van der Waals surface area contributed by atoms with E-state index in [1.165, 1.54) is 24.3 Å². The second kappa shape index (κ2) is 7.71. The number of sulfone groups is 1.